The highest BCUT2D eigenvalue weighted by atomic mass is 16.5. The number of anilines is 1. The molecule has 3 nitrogen and oxygen atoms in total. The Labute approximate surface area is 147 Å². The Hall–Kier alpha value is -3.07. The van der Waals surface area contributed by atoms with E-state index in [1.807, 2.05) is 65.6 Å². The molecule has 0 aromatic heterocycles. The van der Waals surface area contributed by atoms with Gasteiger partial charge < -0.3 is 9.64 Å². The molecule has 4 rings (SSSR count). The monoisotopic (exact) mass is 329 g/mol. The van der Waals surface area contributed by atoms with Crippen LogP contribution < -0.4 is 9.64 Å². The molecule has 1 heterocycles. The summed E-state index contributed by atoms with van der Waals surface area (Å²) >= 11 is 0. The predicted octanol–water partition coefficient (Wildman–Crippen LogP) is 4.45. The van der Waals surface area contributed by atoms with Crippen molar-refractivity contribution in [1.82, 2.24) is 0 Å². The van der Waals surface area contributed by atoms with Crippen molar-refractivity contribution in [3.05, 3.63) is 83.9 Å². The molecule has 0 spiro atoms. The van der Waals surface area contributed by atoms with E-state index in [1.54, 1.807) is 7.11 Å². The van der Waals surface area contributed by atoms with Gasteiger partial charge in [-0.1, -0.05) is 54.6 Å². The van der Waals surface area contributed by atoms with Crippen molar-refractivity contribution in [2.24, 2.45) is 0 Å². The molecule has 1 aliphatic heterocycles. The topological polar surface area (TPSA) is 29.5 Å². The fourth-order valence-electron chi connectivity index (χ4n) is 3.35. The first-order chi connectivity index (χ1) is 12.3. The molecule has 0 saturated carbocycles. The van der Waals surface area contributed by atoms with Gasteiger partial charge in [-0.25, -0.2) is 0 Å². The molecule has 0 N–H and O–H groups in total. The number of hydrogen-bond donors (Lipinski definition) is 0. The third-order valence-electron chi connectivity index (χ3n) is 4.64. The normalized spacial score (nSPS) is 13.0. The second-order valence-corrected chi connectivity index (χ2v) is 6.18. The Kier molecular flexibility index (Phi) is 3.98. The summed E-state index contributed by atoms with van der Waals surface area (Å²) < 4.78 is 5.22. The molecule has 0 unspecified atom stereocenters. The summed E-state index contributed by atoms with van der Waals surface area (Å²) in [5.41, 5.74) is 5.38. The summed E-state index contributed by atoms with van der Waals surface area (Å²) in [6, 6.07) is 24.2. The van der Waals surface area contributed by atoms with Gasteiger partial charge in [0.15, 0.2) is 0 Å². The highest BCUT2D eigenvalue weighted by molar-refractivity contribution is 6.02. The quantitative estimate of drug-likeness (QED) is 0.710. The Morgan fingerprint density at radius 3 is 2.32 bits per heavy atom. The van der Waals surface area contributed by atoms with E-state index in [9.17, 15) is 4.79 Å². The summed E-state index contributed by atoms with van der Waals surface area (Å²) in [5, 5.41) is 0. The van der Waals surface area contributed by atoms with Crippen LogP contribution >= 0.6 is 0 Å². The molecule has 1 amide bonds. The number of carbonyl (C=O) groups is 1. The summed E-state index contributed by atoms with van der Waals surface area (Å²) in [6.07, 6.45) is 0.418. The first-order valence-electron chi connectivity index (χ1n) is 8.37. The molecule has 0 atom stereocenters. The number of nitrogens with zero attached hydrogens (tertiary/aromatic N) is 1. The van der Waals surface area contributed by atoms with Gasteiger partial charge in [-0.05, 0) is 34.9 Å². The fourth-order valence-corrected chi connectivity index (χ4v) is 3.35. The number of hydrogen-bond acceptors (Lipinski definition) is 2. The molecule has 0 saturated heterocycles. The highest BCUT2D eigenvalue weighted by Gasteiger charge is 2.25. The van der Waals surface area contributed by atoms with Crippen molar-refractivity contribution < 1.29 is 9.53 Å². The standard InChI is InChI=1S/C22H19NO2/c1-25-18-12-10-16(11-13-18)15-23-21-9-5-4-8-20(21)19-7-3-2-6-17(19)14-22(23)24/h2-13H,14-15H2,1H3. The Morgan fingerprint density at radius 2 is 1.56 bits per heavy atom. The minimum atomic E-state index is 0.119. The van der Waals surface area contributed by atoms with Crippen LogP contribution in [0.5, 0.6) is 5.75 Å². The second kappa shape index (κ2) is 6.44. The van der Waals surface area contributed by atoms with E-state index in [-0.39, 0.29) is 5.91 Å². The molecule has 0 aliphatic carbocycles. The number of methoxy groups -OCH3 is 1. The van der Waals surface area contributed by atoms with Crippen molar-refractivity contribution in [1.29, 1.82) is 0 Å². The van der Waals surface area contributed by atoms with E-state index in [2.05, 4.69) is 12.1 Å². The van der Waals surface area contributed by atoms with Gasteiger partial charge in [0.2, 0.25) is 5.91 Å². The lowest BCUT2D eigenvalue weighted by Crippen LogP contribution is -2.31. The Morgan fingerprint density at radius 1 is 0.880 bits per heavy atom. The van der Waals surface area contributed by atoms with Gasteiger partial charge in [-0.3, -0.25) is 4.79 Å². The van der Waals surface area contributed by atoms with Crippen molar-refractivity contribution in [3.8, 4) is 16.9 Å². The Balaban J connectivity index is 1.76. The molecule has 3 aromatic rings. The summed E-state index contributed by atoms with van der Waals surface area (Å²) in [5.74, 6) is 0.937. The first kappa shape index (κ1) is 15.5. The van der Waals surface area contributed by atoms with Crippen molar-refractivity contribution >= 4 is 11.6 Å². The predicted molar refractivity (Wildman–Crippen MR) is 99.8 cm³/mol. The minimum Gasteiger partial charge on any atom is -0.497 e. The largest absolute Gasteiger partial charge is 0.497 e. The average Bonchev–Trinajstić information content (AvgIpc) is 2.78. The maximum Gasteiger partial charge on any atom is 0.231 e. The number of carbonyl (C=O) groups excluding carboxylic acids is 1. The highest BCUT2D eigenvalue weighted by Crippen LogP contribution is 2.37. The molecule has 0 radical (unpaired) electrons. The van der Waals surface area contributed by atoms with Crippen LogP contribution in [-0.2, 0) is 17.8 Å². The van der Waals surface area contributed by atoms with Crippen LogP contribution in [0.2, 0.25) is 0 Å². The summed E-state index contributed by atoms with van der Waals surface area (Å²) in [4.78, 5) is 14.9. The van der Waals surface area contributed by atoms with Crippen LogP contribution in [0.15, 0.2) is 72.8 Å². The van der Waals surface area contributed by atoms with E-state index < -0.39 is 0 Å². The van der Waals surface area contributed by atoms with Gasteiger partial charge in [-0.2, -0.15) is 0 Å². The number of benzene rings is 3. The molecule has 0 bridgehead atoms. The average molecular weight is 329 g/mol. The summed E-state index contributed by atoms with van der Waals surface area (Å²) in [6.45, 7) is 0.549. The molecule has 3 aromatic carbocycles. The second-order valence-electron chi connectivity index (χ2n) is 6.18. The van der Waals surface area contributed by atoms with Crippen molar-refractivity contribution in [2.75, 3.05) is 12.0 Å². The lowest BCUT2D eigenvalue weighted by molar-refractivity contribution is -0.118. The van der Waals surface area contributed by atoms with Crippen LogP contribution in [0.1, 0.15) is 11.1 Å². The zero-order valence-electron chi connectivity index (χ0n) is 14.1. The van der Waals surface area contributed by atoms with E-state index in [1.165, 1.54) is 0 Å². The lowest BCUT2D eigenvalue weighted by Gasteiger charge is -2.23. The number of ether oxygens (including phenoxy) is 1. The Bertz CT molecular complexity index is 915. The number of fused-ring (bicyclic) bond motifs is 3. The van der Waals surface area contributed by atoms with Gasteiger partial charge in [0.1, 0.15) is 5.75 Å². The van der Waals surface area contributed by atoms with Crippen LogP contribution in [0.3, 0.4) is 0 Å². The number of amides is 1. The van der Waals surface area contributed by atoms with Crippen LogP contribution in [0.4, 0.5) is 5.69 Å². The van der Waals surface area contributed by atoms with Crippen LogP contribution in [0, 0.1) is 0 Å². The molecular weight excluding hydrogens is 310 g/mol. The third kappa shape index (κ3) is 2.89. The SMILES string of the molecule is COc1ccc(CN2C(=O)Cc3ccccc3-c3ccccc32)cc1. The zero-order chi connectivity index (χ0) is 17.2. The summed E-state index contributed by atoms with van der Waals surface area (Å²) in [7, 11) is 1.65. The van der Waals surface area contributed by atoms with Crippen LogP contribution in [-0.4, -0.2) is 13.0 Å². The number of rotatable bonds is 3. The van der Waals surface area contributed by atoms with Gasteiger partial charge in [0.25, 0.3) is 0 Å². The molecule has 124 valence electrons. The lowest BCUT2D eigenvalue weighted by atomic mass is 9.98. The van der Waals surface area contributed by atoms with Gasteiger partial charge >= 0.3 is 0 Å². The van der Waals surface area contributed by atoms with Crippen molar-refractivity contribution in [2.45, 2.75) is 13.0 Å². The van der Waals surface area contributed by atoms with Gasteiger partial charge in [0.05, 0.1) is 25.8 Å². The zero-order valence-corrected chi connectivity index (χ0v) is 14.1. The van der Waals surface area contributed by atoms with Gasteiger partial charge in [-0.15, -0.1) is 0 Å². The van der Waals surface area contributed by atoms with Crippen LogP contribution in [0.25, 0.3) is 11.1 Å². The van der Waals surface area contributed by atoms with Crippen molar-refractivity contribution in [3.63, 3.8) is 0 Å². The van der Waals surface area contributed by atoms with E-state index in [0.717, 1.165) is 33.7 Å². The molecule has 1 aliphatic rings. The third-order valence-corrected chi connectivity index (χ3v) is 4.64. The molecule has 3 heteroatoms. The minimum absolute atomic E-state index is 0.119. The first-order valence-corrected chi connectivity index (χ1v) is 8.37. The molecule has 25 heavy (non-hydrogen) atoms. The maximum absolute atomic E-state index is 13.0. The van der Waals surface area contributed by atoms with E-state index >= 15 is 0 Å². The number of para-hydroxylation sites is 1. The van der Waals surface area contributed by atoms with Gasteiger partial charge in [0, 0.05) is 5.56 Å². The van der Waals surface area contributed by atoms with E-state index in [4.69, 9.17) is 4.74 Å². The smallest absolute Gasteiger partial charge is 0.231 e. The van der Waals surface area contributed by atoms with E-state index in [0.29, 0.717) is 13.0 Å². The molecule has 0 fully saturated rings. The maximum atomic E-state index is 13.0. The molecular formula is C22H19NO2. The fraction of sp³-hybridized carbons (Fsp3) is 0.136.